The highest BCUT2D eigenvalue weighted by molar-refractivity contribution is 5.99. The van der Waals surface area contributed by atoms with Gasteiger partial charge in [-0.3, -0.25) is 14.9 Å². The third kappa shape index (κ3) is 4.38. The molecule has 1 aromatic carbocycles. The maximum absolute atomic E-state index is 11.2. The lowest BCUT2D eigenvalue weighted by atomic mass is 9.98. The summed E-state index contributed by atoms with van der Waals surface area (Å²) in [5, 5.41) is 7.81. The molecule has 0 unspecified atom stereocenters. The summed E-state index contributed by atoms with van der Waals surface area (Å²) < 4.78 is 0. The smallest absolute Gasteiger partial charge is 0.250 e. The Labute approximate surface area is 175 Å². The number of benzene rings is 1. The molecule has 3 N–H and O–H groups in total. The van der Waals surface area contributed by atoms with Crippen molar-refractivity contribution < 1.29 is 4.79 Å². The molecule has 1 saturated carbocycles. The van der Waals surface area contributed by atoms with Crippen LogP contribution in [-0.2, 0) is 0 Å². The van der Waals surface area contributed by atoms with Gasteiger partial charge in [0.15, 0.2) is 5.65 Å². The van der Waals surface area contributed by atoms with E-state index in [1.165, 1.54) is 31.9 Å². The predicted octanol–water partition coefficient (Wildman–Crippen LogP) is 4.77. The van der Waals surface area contributed by atoms with Gasteiger partial charge in [-0.1, -0.05) is 43.2 Å². The maximum Gasteiger partial charge on any atom is 0.250 e. The molecule has 1 fully saturated rings. The Hall–Kier alpha value is -3.54. The number of hydrogen-bond donors (Lipinski definition) is 2. The van der Waals surface area contributed by atoms with Crippen LogP contribution >= 0.6 is 0 Å². The lowest BCUT2D eigenvalue weighted by molar-refractivity contribution is 0.1000. The summed E-state index contributed by atoms with van der Waals surface area (Å²) >= 11 is 0. The zero-order chi connectivity index (χ0) is 20.9. The van der Waals surface area contributed by atoms with Crippen molar-refractivity contribution in [3.05, 3.63) is 77.7 Å². The zero-order valence-electron chi connectivity index (χ0n) is 17.0. The van der Waals surface area contributed by atoms with Gasteiger partial charge >= 0.3 is 0 Å². The Bertz CT molecular complexity index is 1150. The van der Waals surface area contributed by atoms with E-state index in [9.17, 15) is 4.79 Å². The minimum atomic E-state index is -0.507. The van der Waals surface area contributed by atoms with Crippen LogP contribution in [0, 0.1) is 6.92 Å². The maximum atomic E-state index is 11.2. The van der Waals surface area contributed by atoms with Crippen molar-refractivity contribution in [1.82, 2.24) is 20.2 Å². The monoisotopic (exact) mass is 399 g/mol. The van der Waals surface area contributed by atoms with Crippen molar-refractivity contribution in [2.24, 2.45) is 5.73 Å². The van der Waals surface area contributed by atoms with Gasteiger partial charge in [-0.25, -0.2) is 4.98 Å². The molecule has 0 atom stereocenters. The van der Waals surface area contributed by atoms with Crippen molar-refractivity contribution in [2.45, 2.75) is 38.5 Å². The molecule has 0 aliphatic heterocycles. The number of nitrogens with two attached hydrogens (primary N) is 1. The molecule has 1 amide bonds. The Morgan fingerprint density at radius 2 is 1.83 bits per heavy atom. The van der Waals surface area contributed by atoms with Gasteiger partial charge in [0, 0.05) is 29.0 Å². The van der Waals surface area contributed by atoms with Crippen LogP contribution in [-0.4, -0.2) is 26.1 Å². The summed E-state index contributed by atoms with van der Waals surface area (Å²) in [5.74, 6) is 0.364. The summed E-state index contributed by atoms with van der Waals surface area (Å²) in [6, 6.07) is 16.4. The van der Waals surface area contributed by atoms with Crippen LogP contribution in [0.2, 0.25) is 0 Å². The summed E-state index contributed by atoms with van der Waals surface area (Å²) in [6.07, 6.45) is 8.82. The molecule has 6 nitrogen and oxygen atoms in total. The topological polar surface area (TPSA) is 97.5 Å². The van der Waals surface area contributed by atoms with Gasteiger partial charge in [0.1, 0.15) is 0 Å². The first-order valence-electron chi connectivity index (χ1n) is 10.2. The molecule has 3 aromatic heterocycles. The predicted molar refractivity (Wildman–Crippen MR) is 118 cm³/mol. The van der Waals surface area contributed by atoms with Crippen molar-refractivity contribution in [3.8, 4) is 11.3 Å². The second-order valence-corrected chi connectivity index (χ2v) is 7.64. The molecule has 152 valence electrons. The largest absolute Gasteiger partial charge is 0.366 e. The van der Waals surface area contributed by atoms with Crippen LogP contribution in [0.5, 0.6) is 0 Å². The SMILES string of the molecule is Cc1cc(-c2[nH]nc3ncc(C(N)=O)cc23)ccn1.c1ccc(C2CCCC2)cc1. The number of carbonyl (C=O) groups is 1. The molecule has 0 radical (unpaired) electrons. The van der Waals surface area contributed by atoms with Gasteiger partial charge in [0.05, 0.1) is 11.3 Å². The summed E-state index contributed by atoms with van der Waals surface area (Å²) in [4.78, 5) is 19.5. The Morgan fingerprint density at radius 3 is 2.53 bits per heavy atom. The van der Waals surface area contributed by atoms with E-state index in [2.05, 4.69) is 50.5 Å². The standard InChI is InChI=1S/C13H11N5O.C11H14/c1-7-4-8(2-3-15-7)11-10-5-9(12(14)19)6-16-13(10)18-17-11;1-2-6-10(7-3-1)11-8-4-5-9-11/h2-6H,1H3,(H2,14,19)(H,16,17,18);1-3,6-7,11H,4-5,8-9H2. The first-order chi connectivity index (χ1) is 14.6. The minimum absolute atomic E-state index is 0.362. The van der Waals surface area contributed by atoms with Crippen LogP contribution in [0.4, 0.5) is 0 Å². The van der Waals surface area contributed by atoms with Gasteiger partial charge < -0.3 is 5.73 Å². The highest BCUT2D eigenvalue weighted by Crippen LogP contribution is 2.33. The third-order valence-electron chi connectivity index (χ3n) is 5.51. The first-order valence-corrected chi connectivity index (χ1v) is 10.2. The molecule has 6 heteroatoms. The van der Waals surface area contributed by atoms with Gasteiger partial charge in [0.25, 0.3) is 0 Å². The van der Waals surface area contributed by atoms with E-state index in [0.717, 1.165) is 28.3 Å². The highest BCUT2D eigenvalue weighted by atomic mass is 16.1. The van der Waals surface area contributed by atoms with E-state index in [4.69, 9.17) is 5.73 Å². The van der Waals surface area contributed by atoms with Crippen molar-refractivity contribution in [2.75, 3.05) is 0 Å². The number of rotatable bonds is 3. The molecule has 0 bridgehead atoms. The molecule has 1 aliphatic rings. The average Bonchev–Trinajstić information content (AvgIpc) is 3.44. The summed E-state index contributed by atoms with van der Waals surface area (Å²) in [7, 11) is 0. The van der Waals surface area contributed by atoms with Gasteiger partial charge in [-0.2, -0.15) is 5.10 Å². The van der Waals surface area contributed by atoms with Crippen LogP contribution in [0.1, 0.15) is 53.2 Å². The Kier molecular flexibility index (Phi) is 5.84. The number of pyridine rings is 2. The van der Waals surface area contributed by atoms with E-state index in [0.29, 0.717) is 11.2 Å². The number of nitrogens with one attached hydrogen (secondary N) is 1. The van der Waals surface area contributed by atoms with E-state index in [-0.39, 0.29) is 0 Å². The zero-order valence-corrected chi connectivity index (χ0v) is 17.0. The lowest BCUT2D eigenvalue weighted by Crippen LogP contribution is -2.10. The summed E-state index contributed by atoms with van der Waals surface area (Å²) in [5.41, 5.74) is 10.4. The van der Waals surface area contributed by atoms with E-state index in [1.807, 2.05) is 19.1 Å². The quantitative estimate of drug-likeness (QED) is 0.518. The number of aryl methyl sites for hydroxylation is 1. The molecule has 3 heterocycles. The van der Waals surface area contributed by atoms with Crippen LogP contribution in [0.3, 0.4) is 0 Å². The molecule has 4 aromatic rings. The van der Waals surface area contributed by atoms with E-state index < -0.39 is 5.91 Å². The summed E-state index contributed by atoms with van der Waals surface area (Å²) in [6.45, 7) is 1.91. The normalized spacial score (nSPS) is 13.8. The molecular formula is C24H25N5O. The third-order valence-corrected chi connectivity index (χ3v) is 5.51. The molecule has 5 rings (SSSR count). The lowest BCUT2D eigenvalue weighted by Gasteiger charge is -2.07. The van der Waals surface area contributed by atoms with Crippen LogP contribution in [0.25, 0.3) is 22.3 Å². The van der Waals surface area contributed by atoms with Gasteiger partial charge in [-0.05, 0) is 49.4 Å². The number of carbonyl (C=O) groups excluding carboxylic acids is 1. The number of aromatic nitrogens is 4. The van der Waals surface area contributed by atoms with Crippen LogP contribution in [0.15, 0.2) is 60.9 Å². The number of primary amides is 1. The van der Waals surface area contributed by atoms with Crippen molar-refractivity contribution in [1.29, 1.82) is 0 Å². The minimum Gasteiger partial charge on any atom is -0.366 e. The van der Waals surface area contributed by atoms with Gasteiger partial charge in [-0.15, -0.1) is 0 Å². The fourth-order valence-electron chi connectivity index (χ4n) is 3.94. The fourth-order valence-corrected chi connectivity index (χ4v) is 3.94. The molecule has 0 spiro atoms. The number of fused-ring (bicyclic) bond motifs is 1. The molecular weight excluding hydrogens is 374 g/mol. The first kappa shape index (κ1) is 19.8. The number of amides is 1. The highest BCUT2D eigenvalue weighted by Gasteiger charge is 2.15. The second-order valence-electron chi connectivity index (χ2n) is 7.64. The van der Waals surface area contributed by atoms with Crippen molar-refractivity contribution in [3.63, 3.8) is 0 Å². The molecule has 30 heavy (non-hydrogen) atoms. The molecule has 0 saturated heterocycles. The number of nitrogens with zero attached hydrogens (tertiary/aromatic N) is 3. The Balaban J connectivity index is 0.000000168. The average molecular weight is 399 g/mol. The van der Waals surface area contributed by atoms with Crippen LogP contribution < -0.4 is 5.73 Å². The van der Waals surface area contributed by atoms with Gasteiger partial charge in [0.2, 0.25) is 5.91 Å². The van der Waals surface area contributed by atoms with E-state index >= 15 is 0 Å². The van der Waals surface area contributed by atoms with Crippen molar-refractivity contribution >= 4 is 16.9 Å². The molecule has 1 aliphatic carbocycles. The second kappa shape index (κ2) is 8.86. The number of aromatic amines is 1. The Morgan fingerprint density at radius 1 is 1.07 bits per heavy atom. The van der Waals surface area contributed by atoms with E-state index in [1.54, 1.807) is 17.8 Å². The number of hydrogen-bond acceptors (Lipinski definition) is 4. The number of H-pyrrole nitrogens is 1. The fraction of sp³-hybridized carbons (Fsp3) is 0.250.